The fourth-order valence-electron chi connectivity index (χ4n) is 0.380. The van der Waals surface area contributed by atoms with E-state index in [1.807, 2.05) is 6.92 Å². The normalized spacial score (nSPS) is 14.3. The van der Waals surface area contributed by atoms with Crippen LogP contribution >= 0.6 is 0 Å². The lowest BCUT2D eigenvalue weighted by Crippen LogP contribution is -1.87. The second kappa shape index (κ2) is 6.27. The fourth-order valence-corrected chi connectivity index (χ4v) is 0.589. The fraction of sp³-hybridized carbons (Fsp3) is 0.143. The number of nitrogens with zero attached hydrogens (tertiary/aromatic N) is 2. The molecule has 72 valence electrons. The minimum absolute atomic E-state index is 0.542. The van der Waals surface area contributed by atoms with Crippen LogP contribution in [0, 0.1) is 0 Å². The van der Waals surface area contributed by atoms with Gasteiger partial charge in [0, 0.05) is 6.20 Å². The van der Waals surface area contributed by atoms with E-state index in [2.05, 4.69) is 10.2 Å². The third-order valence-electron chi connectivity index (χ3n) is 0.822. The van der Waals surface area contributed by atoms with Crippen LogP contribution in [0.1, 0.15) is 6.92 Å². The van der Waals surface area contributed by atoms with Gasteiger partial charge in [-0.15, -0.1) is 0 Å². The van der Waals surface area contributed by atoms with Crippen LogP contribution in [0.5, 0.6) is 0 Å². The van der Waals surface area contributed by atoms with E-state index in [-0.39, 0.29) is 0 Å². The summed E-state index contributed by atoms with van der Waals surface area (Å²) in [6.45, 7) is 1.85. The highest BCUT2D eigenvalue weighted by Crippen LogP contribution is 1.87. The van der Waals surface area contributed by atoms with E-state index in [0.717, 1.165) is 6.20 Å². The summed E-state index contributed by atoms with van der Waals surface area (Å²) in [5.74, 6) is 0. The molecule has 5 nitrogen and oxygen atoms in total. The Bertz CT molecular complexity index is 339. The number of rotatable bonds is 4. The Morgan fingerprint density at radius 1 is 1.15 bits per heavy atom. The van der Waals surface area contributed by atoms with Gasteiger partial charge < -0.3 is 0 Å². The highest BCUT2D eigenvalue weighted by Gasteiger charge is 1.92. The van der Waals surface area contributed by atoms with E-state index in [1.54, 1.807) is 18.2 Å². The minimum atomic E-state index is -4.09. The van der Waals surface area contributed by atoms with E-state index in [1.165, 1.54) is 6.20 Å². The summed E-state index contributed by atoms with van der Waals surface area (Å²) in [6.07, 6.45) is 7.44. The highest BCUT2D eigenvalue weighted by atomic mass is 32.2. The summed E-state index contributed by atoms with van der Waals surface area (Å²) in [6, 6.07) is 0. The van der Waals surface area contributed by atoms with Gasteiger partial charge in [0.15, 0.2) is 0 Å². The molecule has 0 fully saturated rings. The van der Waals surface area contributed by atoms with E-state index < -0.39 is 10.1 Å². The minimum Gasteiger partial charge on any atom is -0.282 e. The molecule has 0 amide bonds. The maximum atomic E-state index is 10.1. The Hall–Kier alpha value is -1.27. The molecule has 0 unspecified atom stereocenters. The van der Waals surface area contributed by atoms with Crippen LogP contribution in [0.4, 0.5) is 0 Å². The molecule has 0 aromatic heterocycles. The molecular formula is C7H10N2O3S. The molecule has 0 spiro atoms. The zero-order valence-corrected chi connectivity index (χ0v) is 7.85. The van der Waals surface area contributed by atoms with Gasteiger partial charge in [-0.1, -0.05) is 12.2 Å². The molecule has 6 heteroatoms. The van der Waals surface area contributed by atoms with E-state index in [9.17, 15) is 8.42 Å². The molecule has 0 aliphatic heterocycles. The SMILES string of the molecule is C\C=C/C=C/N=N/C=C\S(=O)(=O)O. The Kier molecular flexibility index (Phi) is 5.66. The monoisotopic (exact) mass is 202 g/mol. The Morgan fingerprint density at radius 3 is 2.31 bits per heavy atom. The van der Waals surface area contributed by atoms with Crippen molar-refractivity contribution in [1.82, 2.24) is 0 Å². The summed E-state index contributed by atoms with van der Waals surface area (Å²) < 4.78 is 28.4. The van der Waals surface area contributed by atoms with Crippen molar-refractivity contribution in [2.75, 3.05) is 0 Å². The maximum Gasteiger partial charge on any atom is 0.289 e. The molecule has 1 N–H and O–H groups in total. The average molecular weight is 202 g/mol. The standard InChI is InChI=1S/C7H10N2O3S/c1-2-3-4-5-8-9-6-7-13(10,11)12/h2-7H,1H3,(H,10,11,12)/b3-2-,5-4+,7-6-,9-8+. The molecule has 0 saturated heterocycles. The zero-order chi connectivity index (χ0) is 10.2. The van der Waals surface area contributed by atoms with Crippen molar-refractivity contribution in [3.8, 4) is 0 Å². The van der Waals surface area contributed by atoms with Gasteiger partial charge in [0.1, 0.15) is 0 Å². The molecule has 13 heavy (non-hydrogen) atoms. The van der Waals surface area contributed by atoms with Crippen LogP contribution in [-0.4, -0.2) is 13.0 Å². The van der Waals surface area contributed by atoms with Crippen LogP contribution < -0.4 is 0 Å². The van der Waals surface area contributed by atoms with Gasteiger partial charge in [0.05, 0.1) is 11.6 Å². The topological polar surface area (TPSA) is 79.1 Å². The molecule has 0 saturated carbocycles. The lowest BCUT2D eigenvalue weighted by molar-refractivity contribution is 0.494. The van der Waals surface area contributed by atoms with Crippen molar-refractivity contribution in [1.29, 1.82) is 0 Å². The summed E-state index contributed by atoms with van der Waals surface area (Å²) >= 11 is 0. The maximum absolute atomic E-state index is 10.1. The lowest BCUT2D eigenvalue weighted by Gasteiger charge is -1.78. The van der Waals surface area contributed by atoms with Gasteiger partial charge in [-0.3, -0.25) is 4.55 Å². The van der Waals surface area contributed by atoms with Crippen LogP contribution in [0.15, 0.2) is 46.3 Å². The number of azo groups is 1. The summed E-state index contributed by atoms with van der Waals surface area (Å²) in [4.78, 5) is 0. The van der Waals surface area contributed by atoms with E-state index in [4.69, 9.17) is 4.55 Å². The molecular weight excluding hydrogens is 192 g/mol. The second-order valence-corrected chi connectivity index (χ2v) is 3.20. The van der Waals surface area contributed by atoms with E-state index in [0.29, 0.717) is 5.41 Å². The first-order chi connectivity index (χ1) is 6.06. The van der Waals surface area contributed by atoms with Gasteiger partial charge in [-0.05, 0) is 13.0 Å². The number of hydrogen-bond donors (Lipinski definition) is 1. The molecule has 0 aliphatic rings. The first kappa shape index (κ1) is 11.7. The van der Waals surface area contributed by atoms with Crippen molar-refractivity contribution in [3.05, 3.63) is 36.0 Å². The van der Waals surface area contributed by atoms with E-state index >= 15 is 0 Å². The van der Waals surface area contributed by atoms with Crippen molar-refractivity contribution in [2.45, 2.75) is 6.92 Å². The Labute approximate surface area is 76.9 Å². The molecule has 0 radical (unpaired) electrons. The second-order valence-electron chi connectivity index (χ2n) is 1.90. The first-order valence-electron chi connectivity index (χ1n) is 3.38. The van der Waals surface area contributed by atoms with Gasteiger partial charge >= 0.3 is 0 Å². The molecule has 0 aromatic carbocycles. The predicted molar refractivity (Wildman–Crippen MR) is 49.5 cm³/mol. The summed E-state index contributed by atoms with van der Waals surface area (Å²) in [5.41, 5.74) is 0. The van der Waals surface area contributed by atoms with Crippen molar-refractivity contribution >= 4 is 10.1 Å². The molecule has 0 aromatic rings. The molecule has 0 heterocycles. The van der Waals surface area contributed by atoms with Crippen molar-refractivity contribution in [3.63, 3.8) is 0 Å². The van der Waals surface area contributed by atoms with Crippen molar-refractivity contribution in [2.24, 2.45) is 10.2 Å². The van der Waals surface area contributed by atoms with Gasteiger partial charge in [0.2, 0.25) is 0 Å². The highest BCUT2D eigenvalue weighted by molar-refractivity contribution is 7.88. The number of allylic oxidation sites excluding steroid dienone is 3. The largest absolute Gasteiger partial charge is 0.289 e. The van der Waals surface area contributed by atoms with Crippen LogP contribution in [0.2, 0.25) is 0 Å². The van der Waals surface area contributed by atoms with Crippen molar-refractivity contribution < 1.29 is 13.0 Å². The lowest BCUT2D eigenvalue weighted by atomic mass is 10.5. The third-order valence-corrected chi connectivity index (χ3v) is 1.29. The summed E-state index contributed by atoms with van der Waals surface area (Å²) in [5, 5.41) is 7.30. The third kappa shape index (κ3) is 10.7. The smallest absolute Gasteiger partial charge is 0.282 e. The average Bonchev–Trinajstić information content (AvgIpc) is 2.01. The first-order valence-corrected chi connectivity index (χ1v) is 4.88. The van der Waals surface area contributed by atoms with Crippen LogP contribution in [0.3, 0.4) is 0 Å². The quantitative estimate of drug-likeness (QED) is 0.429. The zero-order valence-electron chi connectivity index (χ0n) is 7.03. The predicted octanol–water partition coefficient (Wildman–Crippen LogP) is 1.89. The summed E-state index contributed by atoms with van der Waals surface area (Å²) in [7, 11) is -4.09. The Morgan fingerprint density at radius 2 is 1.77 bits per heavy atom. The van der Waals surface area contributed by atoms with Gasteiger partial charge in [-0.25, -0.2) is 0 Å². The van der Waals surface area contributed by atoms with Gasteiger partial charge in [0.25, 0.3) is 10.1 Å². The molecule has 0 rings (SSSR count). The van der Waals surface area contributed by atoms with Crippen LogP contribution in [-0.2, 0) is 10.1 Å². The van der Waals surface area contributed by atoms with Gasteiger partial charge in [-0.2, -0.15) is 18.6 Å². The molecule has 0 bridgehead atoms. The number of hydrogen-bond acceptors (Lipinski definition) is 4. The molecule has 0 aliphatic carbocycles. The Balaban J connectivity index is 3.97. The van der Waals surface area contributed by atoms with Crippen LogP contribution in [0.25, 0.3) is 0 Å². The molecule has 0 atom stereocenters.